The molecule has 3 rings (SSSR count). The number of nitro groups is 1. The SMILES string of the molecule is COc1ccc2nc(C(N)=NN=Cc3ccc([N+](=O)[O-])cc3)sc2c1. The zero-order chi connectivity index (χ0) is 17.8. The molecule has 1 heterocycles. The lowest BCUT2D eigenvalue weighted by Gasteiger charge is -1.96. The Kier molecular flexibility index (Phi) is 4.66. The molecule has 0 saturated heterocycles. The number of nitrogens with zero attached hydrogens (tertiary/aromatic N) is 4. The highest BCUT2D eigenvalue weighted by Crippen LogP contribution is 2.26. The summed E-state index contributed by atoms with van der Waals surface area (Å²) in [5.41, 5.74) is 7.42. The second kappa shape index (κ2) is 7.05. The number of methoxy groups -OCH3 is 1. The standard InChI is InChI=1S/C16H13N5O3S/c1-24-12-6-7-13-14(8-12)25-16(19-13)15(17)20-18-9-10-2-4-11(5-3-10)21(22)23/h2-9H,1H3,(H2,17,20). The molecular formula is C16H13N5O3S. The van der Waals surface area contributed by atoms with Crippen molar-refractivity contribution in [2.24, 2.45) is 15.9 Å². The van der Waals surface area contributed by atoms with Crippen molar-refractivity contribution in [1.82, 2.24) is 4.98 Å². The fourth-order valence-electron chi connectivity index (χ4n) is 2.02. The topological polar surface area (TPSA) is 116 Å². The van der Waals surface area contributed by atoms with Crippen LogP contribution < -0.4 is 10.5 Å². The average molecular weight is 355 g/mol. The minimum atomic E-state index is -0.459. The van der Waals surface area contributed by atoms with Crippen LogP contribution in [-0.2, 0) is 0 Å². The van der Waals surface area contributed by atoms with E-state index in [1.165, 1.54) is 29.7 Å². The maximum atomic E-state index is 10.6. The van der Waals surface area contributed by atoms with Crippen molar-refractivity contribution in [2.75, 3.05) is 7.11 Å². The lowest BCUT2D eigenvalue weighted by atomic mass is 10.2. The number of nitrogens with two attached hydrogens (primary N) is 1. The fraction of sp³-hybridized carbons (Fsp3) is 0.0625. The van der Waals surface area contributed by atoms with E-state index < -0.39 is 4.92 Å². The summed E-state index contributed by atoms with van der Waals surface area (Å²) in [5, 5.41) is 19.0. The Labute approximate surface area is 146 Å². The van der Waals surface area contributed by atoms with Gasteiger partial charge in [0.1, 0.15) is 5.75 Å². The van der Waals surface area contributed by atoms with E-state index in [4.69, 9.17) is 10.5 Å². The molecular weight excluding hydrogens is 342 g/mol. The Bertz CT molecular complexity index is 979. The van der Waals surface area contributed by atoms with Crippen LogP contribution in [0, 0.1) is 10.1 Å². The van der Waals surface area contributed by atoms with Crippen molar-refractivity contribution in [2.45, 2.75) is 0 Å². The first kappa shape index (κ1) is 16.5. The van der Waals surface area contributed by atoms with Gasteiger partial charge < -0.3 is 10.5 Å². The molecule has 25 heavy (non-hydrogen) atoms. The molecule has 2 N–H and O–H groups in total. The second-order valence-corrected chi connectivity index (χ2v) is 5.96. The maximum Gasteiger partial charge on any atom is 0.269 e. The Hall–Kier alpha value is -3.33. The molecule has 0 atom stereocenters. The Morgan fingerprint density at radius 1 is 1.32 bits per heavy atom. The number of hydrogen-bond acceptors (Lipinski definition) is 7. The highest BCUT2D eigenvalue weighted by molar-refractivity contribution is 7.20. The normalized spacial score (nSPS) is 12.0. The van der Waals surface area contributed by atoms with E-state index in [0.717, 1.165) is 16.0 Å². The van der Waals surface area contributed by atoms with Gasteiger partial charge in [-0.2, -0.15) is 5.10 Å². The lowest BCUT2D eigenvalue weighted by Crippen LogP contribution is -2.12. The van der Waals surface area contributed by atoms with Crippen LogP contribution in [0.4, 0.5) is 5.69 Å². The molecule has 2 aromatic carbocycles. The van der Waals surface area contributed by atoms with Gasteiger partial charge in [-0.05, 0) is 35.9 Å². The second-order valence-electron chi connectivity index (χ2n) is 4.93. The van der Waals surface area contributed by atoms with E-state index in [1.54, 1.807) is 19.2 Å². The van der Waals surface area contributed by atoms with Gasteiger partial charge in [-0.3, -0.25) is 10.1 Å². The summed E-state index contributed by atoms with van der Waals surface area (Å²) in [5.74, 6) is 0.938. The third-order valence-electron chi connectivity index (χ3n) is 3.29. The van der Waals surface area contributed by atoms with Crippen molar-refractivity contribution >= 4 is 39.3 Å². The molecule has 0 fully saturated rings. The largest absolute Gasteiger partial charge is 0.497 e. The summed E-state index contributed by atoms with van der Waals surface area (Å²) in [6.45, 7) is 0. The number of rotatable bonds is 5. The van der Waals surface area contributed by atoms with Gasteiger partial charge in [0.25, 0.3) is 5.69 Å². The van der Waals surface area contributed by atoms with Gasteiger partial charge in [0.05, 0.1) is 28.5 Å². The number of ether oxygens (including phenoxy) is 1. The van der Waals surface area contributed by atoms with Crippen LogP contribution in [0.15, 0.2) is 52.7 Å². The van der Waals surface area contributed by atoms with E-state index in [2.05, 4.69) is 15.2 Å². The first-order valence-corrected chi connectivity index (χ1v) is 7.94. The quantitative estimate of drug-likeness (QED) is 0.327. The number of nitro benzene ring substituents is 1. The highest BCUT2D eigenvalue weighted by Gasteiger charge is 2.08. The lowest BCUT2D eigenvalue weighted by molar-refractivity contribution is -0.384. The van der Waals surface area contributed by atoms with Gasteiger partial charge >= 0.3 is 0 Å². The highest BCUT2D eigenvalue weighted by atomic mass is 32.1. The Morgan fingerprint density at radius 2 is 2.08 bits per heavy atom. The monoisotopic (exact) mass is 355 g/mol. The summed E-state index contributed by atoms with van der Waals surface area (Å²) in [7, 11) is 1.60. The van der Waals surface area contributed by atoms with Crippen molar-refractivity contribution in [3.63, 3.8) is 0 Å². The zero-order valence-electron chi connectivity index (χ0n) is 13.1. The van der Waals surface area contributed by atoms with Crippen LogP contribution in [0.1, 0.15) is 10.6 Å². The molecule has 9 heteroatoms. The third kappa shape index (κ3) is 3.78. The van der Waals surface area contributed by atoms with Gasteiger partial charge in [0, 0.05) is 12.1 Å². The summed E-state index contributed by atoms with van der Waals surface area (Å²) >= 11 is 1.39. The molecule has 0 aliphatic carbocycles. The van der Waals surface area contributed by atoms with Crippen LogP contribution in [0.5, 0.6) is 5.75 Å². The Morgan fingerprint density at radius 3 is 2.76 bits per heavy atom. The molecule has 0 bridgehead atoms. The van der Waals surface area contributed by atoms with Crippen LogP contribution in [-0.4, -0.2) is 29.1 Å². The van der Waals surface area contributed by atoms with Crippen LogP contribution in [0.2, 0.25) is 0 Å². The van der Waals surface area contributed by atoms with Gasteiger partial charge in [-0.15, -0.1) is 16.4 Å². The van der Waals surface area contributed by atoms with Gasteiger partial charge in [-0.25, -0.2) is 4.98 Å². The number of aromatic nitrogens is 1. The number of hydrogen-bond donors (Lipinski definition) is 1. The molecule has 0 unspecified atom stereocenters. The molecule has 0 aliphatic rings. The average Bonchev–Trinajstić information content (AvgIpc) is 3.05. The predicted octanol–water partition coefficient (Wildman–Crippen LogP) is 2.95. The number of benzene rings is 2. The van der Waals surface area contributed by atoms with E-state index in [0.29, 0.717) is 10.6 Å². The van der Waals surface area contributed by atoms with Gasteiger partial charge in [0.15, 0.2) is 10.8 Å². The molecule has 126 valence electrons. The number of thiazole rings is 1. The fourth-order valence-corrected chi connectivity index (χ4v) is 2.92. The number of non-ortho nitro benzene ring substituents is 1. The molecule has 0 spiro atoms. The van der Waals surface area contributed by atoms with E-state index in [1.807, 2.05) is 18.2 Å². The minimum Gasteiger partial charge on any atom is -0.497 e. The maximum absolute atomic E-state index is 10.6. The van der Waals surface area contributed by atoms with E-state index >= 15 is 0 Å². The Balaban J connectivity index is 1.77. The van der Waals surface area contributed by atoms with Crippen molar-refractivity contribution in [1.29, 1.82) is 0 Å². The van der Waals surface area contributed by atoms with Crippen molar-refractivity contribution in [3.8, 4) is 5.75 Å². The van der Waals surface area contributed by atoms with Crippen molar-refractivity contribution in [3.05, 3.63) is 63.1 Å². The summed E-state index contributed by atoms with van der Waals surface area (Å²) < 4.78 is 6.12. The van der Waals surface area contributed by atoms with Crippen LogP contribution in [0.25, 0.3) is 10.2 Å². The number of amidine groups is 1. The number of fused-ring (bicyclic) bond motifs is 1. The molecule has 1 aromatic heterocycles. The van der Waals surface area contributed by atoms with Gasteiger partial charge in [0.2, 0.25) is 0 Å². The molecule has 0 aliphatic heterocycles. The van der Waals surface area contributed by atoms with Crippen LogP contribution in [0.3, 0.4) is 0 Å². The molecule has 0 amide bonds. The zero-order valence-corrected chi connectivity index (χ0v) is 13.9. The predicted molar refractivity (Wildman–Crippen MR) is 97.6 cm³/mol. The molecule has 3 aromatic rings. The minimum absolute atomic E-state index is 0.0186. The molecule has 0 radical (unpaired) electrons. The first-order valence-electron chi connectivity index (χ1n) is 7.13. The molecule has 8 nitrogen and oxygen atoms in total. The third-order valence-corrected chi connectivity index (χ3v) is 4.33. The summed E-state index contributed by atoms with van der Waals surface area (Å²) in [4.78, 5) is 14.6. The first-order chi connectivity index (χ1) is 12.1. The van der Waals surface area contributed by atoms with Crippen LogP contribution >= 0.6 is 11.3 Å². The van der Waals surface area contributed by atoms with Gasteiger partial charge in [-0.1, -0.05) is 0 Å². The smallest absolute Gasteiger partial charge is 0.269 e. The van der Waals surface area contributed by atoms with E-state index in [-0.39, 0.29) is 11.5 Å². The van der Waals surface area contributed by atoms with E-state index in [9.17, 15) is 10.1 Å². The molecule has 0 saturated carbocycles. The van der Waals surface area contributed by atoms with Crippen molar-refractivity contribution < 1.29 is 9.66 Å². The summed E-state index contributed by atoms with van der Waals surface area (Å²) in [6.07, 6.45) is 1.47. The summed E-state index contributed by atoms with van der Waals surface area (Å²) in [6, 6.07) is 11.5.